The molecule has 0 saturated carbocycles. The SMILES string of the molecule is C=CCOC(=O)c1sc(N2C(=O)C(=O)C(=C(O)c3ccc(OC)cc3C)[C@H]2c2ccc(OC)cc2OC)nc1C. The van der Waals surface area contributed by atoms with Gasteiger partial charge in [-0.05, 0) is 49.7 Å². The smallest absolute Gasteiger partial charge is 0.350 e. The Bertz CT molecular complexity index is 1540. The number of benzene rings is 2. The number of hydrogen-bond donors (Lipinski definition) is 1. The number of nitrogens with zero attached hydrogens (tertiary/aromatic N) is 2. The van der Waals surface area contributed by atoms with Crippen molar-refractivity contribution in [3.63, 3.8) is 0 Å². The number of hydrogen-bond acceptors (Lipinski definition) is 10. The van der Waals surface area contributed by atoms with E-state index in [1.54, 1.807) is 50.2 Å². The number of carbonyl (C=O) groups is 3. The predicted molar refractivity (Wildman–Crippen MR) is 149 cm³/mol. The van der Waals surface area contributed by atoms with E-state index in [0.717, 1.165) is 11.3 Å². The summed E-state index contributed by atoms with van der Waals surface area (Å²) in [6, 6.07) is 8.74. The first-order valence-corrected chi connectivity index (χ1v) is 12.9. The number of aromatic nitrogens is 1. The number of Topliss-reactive ketones (excluding diaryl/α,β-unsaturated/α-hetero) is 1. The van der Waals surface area contributed by atoms with Gasteiger partial charge in [0.1, 0.15) is 40.5 Å². The van der Waals surface area contributed by atoms with Crippen molar-refractivity contribution in [3.8, 4) is 17.2 Å². The minimum absolute atomic E-state index is 0.000278. The first-order valence-electron chi connectivity index (χ1n) is 12.1. The van der Waals surface area contributed by atoms with E-state index in [0.29, 0.717) is 39.6 Å². The molecule has 0 unspecified atom stereocenters. The van der Waals surface area contributed by atoms with Gasteiger partial charge in [0.05, 0.1) is 32.6 Å². The average Bonchev–Trinajstić information content (AvgIpc) is 3.46. The summed E-state index contributed by atoms with van der Waals surface area (Å²) in [5.41, 5.74) is 1.53. The molecule has 3 aromatic rings. The van der Waals surface area contributed by atoms with Crippen LogP contribution in [0.2, 0.25) is 0 Å². The fourth-order valence-electron chi connectivity index (χ4n) is 4.42. The number of ketones is 1. The summed E-state index contributed by atoms with van der Waals surface area (Å²) >= 11 is 0.905. The summed E-state index contributed by atoms with van der Waals surface area (Å²) < 4.78 is 21.3. The second-order valence-corrected chi connectivity index (χ2v) is 9.73. The lowest BCUT2D eigenvalue weighted by Crippen LogP contribution is -2.29. The van der Waals surface area contributed by atoms with E-state index in [1.165, 1.54) is 32.3 Å². The molecule has 0 aliphatic carbocycles. The zero-order chi connectivity index (χ0) is 29.1. The molecule has 10 nitrogen and oxygen atoms in total. The third-order valence-electron chi connectivity index (χ3n) is 6.38. The first-order chi connectivity index (χ1) is 19.2. The van der Waals surface area contributed by atoms with Gasteiger partial charge in [0.25, 0.3) is 5.78 Å². The number of aryl methyl sites for hydroxylation is 2. The van der Waals surface area contributed by atoms with Gasteiger partial charge >= 0.3 is 11.9 Å². The molecule has 1 N–H and O–H groups in total. The van der Waals surface area contributed by atoms with Crippen LogP contribution in [-0.4, -0.2) is 55.7 Å². The summed E-state index contributed by atoms with van der Waals surface area (Å²) in [4.78, 5) is 45.6. The lowest BCUT2D eigenvalue weighted by molar-refractivity contribution is -0.132. The number of methoxy groups -OCH3 is 3. The van der Waals surface area contributed by atoms with Crippen LogP contribution in [0.15, 0.2) is 54.6 Å². The molecule has 4 rings (SSSR count). The number of amides is 1. The van der Waals surface area contributed by atoms with Crippen LogP contribution in [0.3, 0.4) is 0 Å². The Morgan fingerprint density at radius 2 is 1.75 bits per heavy atom. The van der Waals surface area contributed by atoms with Crippen molar-refractivity contribution >= 4 is 39.9 Å². The third-order valence-corrected chi connectivity index (χ3v) is 7.51. The predicted octanol–water partition coefficient (Wildman–Crippen LogP) is 4.75. The van der Waals surface area contributed by atoms with Gasteiger partial charge in [-0.3, -0.25) is 14.5 Å². The molecule has 1 atom stereocenters. The Labute approximate surface area is 235 Å². The zero-order valence-corrected chi connectivity index (χ0v) is 23.5. The van der Waals surface area contributed by atoms with Crippen LogP contribution in [0.4, 0.5) is 5.13 Å². The fourth-order valence-corrected chi connectivity index (χ4v) is 5.40. The van der Waals surface area contributed by atoms with Gasteiger partial charge in [0.2, 0.25) is 0 Å². The number of carbonyl (C=O) groups excluding carboxylic acids is 3. The van der Waals surface area contributed by atoms with Crippen molar-refractivity contribution in [2.45, 2.75) is 19.9 Å². The summed E-state index contributed by atoms with van der Waals surface area (Å²) in [7, 11) is 4.46. The standard InChI is InChI=1S/C29H28N2O8S/c1-7-12-39-28(35)26-16(3)30-29(40-26)31-23(20-11-9-18(37-5)14-21(20)38-6)22(25(33)27(31)34)24(32)19-10-8-17(36-4)13-15(19)2/h7-11,13-14,23,32H,1,12H2,2-6H3/t23-/m1/s1. The lowest BCUT2D eigenvalue weighted by atomic mass is 9.93. The Morgan fingerprint density at radius 3 is 2.38 bits per heavy atom. The Balaban J connectivity index is 1.96. The largest absolute Gasteiger partial charge is 0.507 e. The highest BCUT2D eigenvalue weighted by Crippen LogP contribution is 2.47. The minimum Gasteiger partial charge on any atom is -0.507 e. The van der Waals surface area contributed by atoms with Crippen molar-refractivity contribution in [1.29, 1.82) is 0 Å². The Kier molecular flexibility index (Phi) is 8.24. The number of rotatable bonds is 9. The first kappa shape index (κ1) is 28.4. The maximum atomic E-state index is 13.6. The van der Waals surface area contributed by atoms with Gasteiger partial charge in [-0.15, -0.1) is 0 Å². The molecule has 11 heteroatoms. The number of thiazole rings is 1. The molecule has 0 bridgehead atoms. The molecule has 2 aromatic carbocycles. The van der Waals surface area contributed by atoms with Crippen molar-refractivity contribution < 1.29 is 38.4 Å². The van der Waals surface area contributed by atoms with Crippen LogP contribution < -0.4 is 19.1 Å². The maximum absolute atomic E-state index is 13.6. The molecular weight excluding hydrogens is 536 g/mol. The number of ether oxygens (including phenoxy) is 4. The monoisotopic (exact) mass is 564 g/mol. The quantitative estimate of drug-likeness (QED) is 0.129. The number of aliphatic hydroxyl groups is 1. The van der Waals surface area contributed by atoms with E-state index in [1.807, 2.05) is 0 Å². The molecule has 1 aliphatic rings. The maximum Gasteiger partial charge on any atom is 0.350 e. The molecule has 1 aliphatic heterocycles. The van der Waals surface area contributed by atoms with Gasteiger partial charge < -0.3 is 24.1 Å². The van der Waals surface area contributed by atoms with Crippen LogP contribution in [0.25, 0.3) is 5.76 Å². The van der Waals surface area contributed by atoms with Crippen molar-refractivity contribution in [1.82, 2.24) is 4.98 Å². The van der Waals surface area contributed by atoms with E-state index in [9.17, 15) is 19.5 Å². The van der Waals surface area contributed by atoms with E-state index in [2.05, 4.69) is 11.6 Å². The topological polar surface area (TPSA) is 124 Å². The molecule has 40 heavy (non-hydrogen) atoms. The lowest BCUT2D eigenvalue weighted by Gasteiger charge is -2.25. The molecule has 1 amide bonds. The number of anilines is 1. The highest BCUT2D eigenvalue weighted by Gasteiger charge is 2.49. The third kappa shape index (κ3) is 5.03. The van der Waals surface area contributed by atoms with E-state index in [-0.39, 0.29) is 27.9 Å². The highest BCUT2D eigenvalue weighted by molar-refractivity contribution is 7.17. The van der Waals surface area contributed by atoms with Crippen molar-refractivity contribution in [2.75, 3.05) is 32.8 Å². The van der Waals surface area contributed by atoms with E-state index < -0.39 is 23.7 Å². The molecule has 208 valence electrons. The molecule has 1 fully saturated rings. The Morgan fingerprint density at radius 1 is 1.07 bits per heavy atom. The van der Waals surface area contributed by atoms with E-state index in [4.69, 9.17) is 18.9 Å². The Hall–Kier alpha value is -4.64. The van der Waals surface area contributed by atoms with Crippen LogP contribution in [0.5, 0.6) is 17.2 Å². The number of aliphatic hydroxyl groups excluding tert-OH is 1. The molecule has 0 spiro atoms. The average molecular weight is 565 g/mol. The van der Waals surface area contributed by atoms with Gasteiger partial charge in [-0.1, -0.05) is 24.0 Å². The second kappa shape index (κ2) is 11.6. The molecule has 1 aromatic heterocycles. The minimum atomic E-state index is -1.13. The van der Waals surface area contributed by atoms with E-state index >= 15 is 0 Å². The highest BCUT2D eigenvalue weighted by atomic mass is 32.1. The normalized spacial score (nSPS) is 16.1. The summed E-state index contributed by atoms with van der Waals surface area (Å²) in [5.74, 6) is -1.48. The van der Waals surface area contributed by atoms with Gasteiger partial charge in [-0.25, -0.2) is 9.78 Å². The zero-order valence-electron chi connectivity index (χ0n) is 22.6. The van der Waals surface area contributed by atoms with Crippen LogP contribution in [-0.2, 0) is 14.3 Å². The van der Waals surface area contributed by atoms with Crippen molar-refractivity contribution in [2.24, 2.45) is 0 Å². The van der Waals surface area contributed by atoms with Crippen molar-refractivity contribution in [3.05, 3.63) is 81.9 Å². The van der Waals surface area contributed by atoms with Gasteiger partial charge in [-0.2, -0.15) is 0 Å². The van der Waals surface area contributed by atoms with Gasteiger partial charge in [0, 0.05) is 17.2 Å². The molecule has 1 saturated heterocycles. The summed E-state index contributed by atoms with van der Waals surface area (Å²) in [6.45, 7) is 6.89. The summed E-state index contributed by atoms with van der Waals surface area (Å²) in [6.07, 6.45) is 1.44. The van der Waals surface area contributed by atoms with Crippen LogP contribution >= 0.6 is 11.3 Å². The fraction of sp³-hybridized carbons (Fsp3) is 0.241. The second-order valence-electron chi connectivity index (χ2n) is 8.76. The molecule has 0 radical (unpaired) electrons. The van der Waals surface area contributed by atoms with Crippen LogP contribution in [0, 0.1) is 13.8 Å². The summed E-state index contributed by atoms with van der Waals surface area (Å²) in [5, 5.41) is 11.6. The van der Waals surface area contributed by atoms with Crippen LogP contribution in [0.1, 0.15) is 38.1 Å². The number of esters is 1. The molecule has 2 heterocycles. The molecular formula is C29H28N2O8S. The van der Waals surface area contributed by atoms with Gasteiger partial charge in [0.15, 0.2) is 5.13 Å².